The molecule has 0 N–H and O–H groups in total. The molecule has 1 amide bonds. The van der Waals surface area contributed by atoms with Gasteiger partial charge < -0.3 is 19.4 Å². The van der Waals surface area contributed by atoms with Gasteiger partial charge in [-0.25, -0.2) is 4.79 Å². The molecule has 0 radical (unpaired) electrons. The molecule has 1 fully saturated rings. The summed E-state index contributed by atoms with van der Waals surface area (Å²) >= 11 is 1.52. The number of ether oxygens (including phenoxy) is 1. The SMILES string of the molecule is CN(C)C(=O)OCCN1CCN(CCCN2c3ccccc3Sc3ccc(C(F)(F)F)cc32)CC1. The Bertz CT molecular complexity index is 1030. The quantitative estimate of drug-likeness (QED) is 0.524. The van der Waals surface area contributed by atoms with E-state index in [9.17, 15) is 18.0 Å². The van der Waals surface area contributed by atoms with Crippen LogP contribution in [0, 0.1) is 0 Å². The van der Waals surface area contributed by atoms with Crippen LogP contribution < -0.4 is 4.90 Å². The van der Waals surface area contributed by atoms with Gasteiger partial charge in [-0.05, 0) is 43.3 Å². The van der Waals surface area contributed by atoms with Gasteiger partial charge in [-0.15, -0.1) is 0 Å². The molecule has 0 aliphatic carbocycles. The lowest BCUT2D eigenvalue weighted by atomic mass is 10.1. The Labute approximate surface area is 208 Å². The van der Waals surface area contributed by atoms with Crippen molar-refractivity contribution in [1.29, 1.82) is 0 Å². The number of anilines is 2. The van der Waals surface area contributed by atoms with E-state index in [2.05, 4.69) is 9.80 Å². The maximum absolute atomic E-state index is 13.4. The van der Waals surface area contributed by atoms with Gasteiger partial charge in [0.25, 0.3) is 0 Å². The minimum Gasteiger partial charge on any atom is -0.448 e. The summed E-state index contributed by atoms with van der Waals surface area (Å²) in [7, 11) is 3.33. The second-order valence-electron chi connectivity index (χ2n) is 8.95. The van der Waals surface area contributed by atoms with Crippen molar-refractivity contribution in [3.05, 3.63) is 48.0 Å². The third-order valence-electron chi connectivity index (χ3n) is 6.27. The molecule has 0 saturated carbocycles. The molecule has 4 rings (SSSR count). The fourth-order valence-electron chi connectivity index (χ4n) is 4.33. The average molecular weight is 509 g/mol. The van der Waals surface area contributed by atoms with Crippen LogP contribution >= 0.6 is 11.8 Å². The number of hydrogen-bond acceptors (Lipinski definition) is 6. The molecule has 2 aromatic carbocycles. The van der Waals surface area contributed by atoms with Gasteiger partial charge in [0.1, 0.15) is 6.61 Å². The first-order valence-electron chi connectivity index (χ1n) is 11.8. The van der Waals surface area contributed by atoms with E-state index in [1.54, 1.807) is 20.2 Å². The van der Waals surface area contributed by atoms with E-state index in [1.807, 2.05) is 29.2 Å². The first-order chi connectivity index (χ1) is 16.7. The van der Waals surface area contributed by atoms with Crippen LogP contribution in [0.2, 0.25) is 0 Å². The summed E-state index contributed by atoms with van der Waals surface area (Å²) in [6, 6.07) is 11.9. The van der Waals surface area contributed by atoms with E-state index in [-0.39, 0.29) is 6.09 Å². The highest BCUT2D eigenvalue weighted by Crippen LogP contribution is 2.49. The normalized spacial score (nSPS) is 16.5. The zero-order valence-electron chi connectivity index (χ0n) is 20.1. The van der Waals surface area contributed by atoms with Gasteiger partial charge in [-0.2, -0.15) is 13.2 Å². The van der Waals surface area contributed by atoms with Crippen molar-refractivity contribution >= 4 is 29.2 Å². The second-order valence-corrected chi connectivity index (χ2v) is 10.0. The fraction of sp³-hybridized carbons (Fsp3) is 0.480. The molecule has 0 atom stereocenters. The lowest BCUT2D eigenvalue weighted by Gasteiger charge is -2.36. The monoisotopic (exact) mass is 508 g/mol. The third kappa shape index (κ3) is 6.42. The molecule has 35 heavy (non-hydrogen) atoms. The highest BCUT2D eigenvalue weighted by Gasteiger charge is 2.33. The summed E-state index contributed by atoms with van der Waals surface area (Å²) in [6.45, 7) is 6.26. The molecular weight excluding hydrogens is 477 g/mol. The number of benzene rings is 2. The Morgan fingerprint density at radius 3 is 2.29 bits per heavy atom. The molecule has 2 heterocycles. The minimum absolute atomic E-state index is 0.328. The van der Waals surface area contributed by atoms with Gasteiger partial charge in [0.05, 0.1) is 16.9 Å². The van der Waals surface area contributed by atoms with E-state index >= 15 is 0 Å². The zero-order valence-corrected chi connectivity index (χ0v) is 20.9. The van der Waals surface area contributed by atoms with Crippen molar-refractivity contribution in [2.24, 2.45) is 0 Å². The maximum atomic E-state index is 13.4. The van der Waals surface area contributed by atoms with Gasteiger partial charge in [-0.1, -0.05) is 23.9 Å². The smallest absolute Gasteiger partial charge is 0.416 e. The molecule has 6 nitrogen and oxygen atoms in total. The first-order valence-corrected chi connectivity index (χ1v) is 12.6. The number of piperazine rings is 1. The number of hydrogen-bond donors (Lipinski definition) is 0. The van der Waals surface area contributed by atoms with E-state index in [0.717, 1.165) is 54.6 Å². The molecule has 2 aliphatic heterocycles. The summed E-state index contributed by atoms with van der Waals surface area (Å²) in [4.78, 5) is 21.6. The van der Waals surface area contributed by atoms with Crippen LogP contribution in [0.1, 0.15) is 12.0 Å². The fourth-order valence-corrected chi connectivity index (χ4v) is 5.40. The van der Waals surface area contributed by atoms with Crippen molar-refractivity contribution in [3.8, 4) is 0 Å². The maximum Gasteiger partial charge on any atom is 0.416 e. The van der Waals surface area contributed by atoms with Crippen molar-refractivity contribution in [3.63, 3.8) is 0 Å². The molecule has 190 valence electrons. The minimum atomic E-state index is -4.37. The van der Waals surface area contributed by atoms with Crippen LogP contribution in [0.3, 0.4) is 0 Å². The van der Waals surface area contributed by atoms with Crippen molar-refractivity contribution < 1.29 is 22.7 Å². The Morgan fingerprint density at radius 2 is 1.60 bits per heavy atom. The predicted octanol–water partition coefficient (Wildman–Crippen LogP) is 5.01. The number of para-hydroxylation sites is 1. The molecule has 10 heteroatoms. The molecule has 2 aromatic rings. The number of carbonyl (C=O) groups is 1. The van der Waals surface area contributed by atoms with Crippen LogP contribution in [0.5, 0.6) is 0 Å². The summed E-state index contributed by atoms with van der Waals surface area (Å²) in [5.41, 5.74) is 0.968. The van der Waals surface area contributed by atoms with Gasteiger partial charge in [-0.3, -0.25) is 4.90 Å². The van der Waals surface area contributed by atoms with Crippen molar-refractivity contribution in [1.82, 2.24) is 14.7 Å². The Morgan fingerprint density at radius 1 is 0.943 bits per heavy atom. The lowest BCUT2D eigenvalue weighted by molar-refractivity contribution is -0.137. The topological polar surface area (TPSA) is 39.3 Å². The van der Waals surface area contributed by atoms with Crippen LogP contribution in [0.15, 0.2) is 52.3 Å². The van der Waals surface area contributed by atoms with E-state index in [1.165, 1.54) is 28.8 Å². The van der Waals surface area contributed by atoms with E-state index in [4.69, 9.17) is 4.74 Å². The highest BCUT2D eigenvalue weighted by molar-refractivity contribution is 7.99. The average Bonchev–Trinajstić information content (AvgIpc) is 2.83. The molecular formula is C25H31F3N4O2S. The number of nitrogens with zero attached hydrogens (tertiary/aromatic N) is 4. The van der Waals surface area contributed by atoms with Crippen LogP contribution in [-0.2, 0) is 10.9 Å². The van der Waals surface area contributed by atoms with Crippen LogP contribution in [-0.4, -0.2) is 87.3 Å². The number of fused-ring (bicyclic) bond motifs is 2. The number of alkyl halides is 3. The van der Waals surface area contributed by atoms with Gasteiger partial charge in [0, 0.05) is 63.2 Å². The Balaban J connectivity index is 1.32. The molecule has 0 unspecified atom stereocenters. The molecule has 0 spiro atoms. The summed E-state index contributed by atoms with van der Waals surface area (Å²) in [5, 5.41) is 0. The first kappa shape index (κ1) is 25.7. The Hall–Kier alpha value is -2.43. The predicted molar refractivity (Wildman–Crippen MR) is 132 cm³/mol. The molecule has 1 saturated heterocycles. The zero-order chi connectivity index (χ0) is 25.0. The lowest BCUT2D eigenvalue weighted by Crippen LogP contribution is -2.48. The third-order valence-corrected chi connectivity index (χ3v) is 7.40. The standard InChI is InChI=1S/C25H31F3N4O2S/c1-29(2)24(33)34-17-16-31-14-12-30(13-15-31)10-5-11-32-20-6-3-4-7-22(20)35-23-9-8-19(18-21(23)32)25(26,27)28/h3-4,6-9,18H,5,10-17H2,1-2H3. The van der Waals surface area contributed by atoms with Gasteiger partial charge >= 0.3 is 12.3 Å². The summed E-state index contributed by atoms with van der Waals surface area (Å²) in [5.74, 6) is 0. The number of rotatable bonds is 7. The number of amides is 1. The van der Waals surface area contributed by atoms with Crippen LogP contribution in [0.25, 0.3) is 0 Å². The second kappa shape index (κ2) is 11.1. The molecule has 0 aromatic heterocycles. The molecule has 0 bridgehead atoms. The summed E-state index contributed by atoms with van der Waals surface area (Å²) in [6.07, 6.45) is -3.85. The summed E-state index contributed by atoms with van der Waals surface area (Å²) < 4.78 is 45.4. The van der Waals surface area contributed by atoms with E-state index < -0.39 is 11.7 Å². The Kier molecular flexibility index (Phi) is 8.13. The van der Waals surface area contributed by atoms with Gasteiger partial charge in [0.2, 0.25) is 0 Å². The van der Waals surface area contributed by atoms with Gasteiger partial charge in [0.15, 0.2) is 0 Å². The molecule has 2 aliphatic rings. The highest BCUT2D eigenvalue weighted by atomic mass is 32.2. The van der Waals surface area contributed by atoms with Crippen molar-refractivity contribution in [2.45, 2.75) is 22.4 Å². The number of halogens is 3. The van der Waals surface area contributed by atoms with Crippen LogP contribution in [0.4, 0.5) is 29.3 Å². The number of carbonyl (C=O) groups excluding carboxylic acids is 1. The van der Waals surface area contributed by atoms with E-state index in [0.29, 0.717) is 25.4 Å². The van der Waals surface area contributed by atoms with Crippen molar-refractivity contribution in [2.75, 3.05) is 71.4 Å². The largest absolute Gasteiger partial charge is 0.448 e.